The number of aromatic nitrogens is 2. The Morgan fingerprint density at radius 3 is 1.26 bits per heavy atom. The zero-order chi connectivity index (χ0) is 29.4. The number of carbonyl (C=O) groups is 2. The number of nitrogens with one attached hydrogen (secondary N) is 2. The number of fused-ring (bicyclic) bond motifs is 1. The van der Waals surface area contributed by atoms with Crippen molar-refractivity contribution in [3.05, 3.63) is 131 Å². The molecule has 6 N–H and O–H groups in total. The summed E-state index contributed by atoms with van der Waals surface area (Å²) in [6, 6.07) is 35.9. The Kier molecular flexibility index (Phi) is 6.92. The molecule has 4 aromatic carbocycles. The maximum Gasteiger partial charge on any atom is 0.265 e. The fourth-order valence-corrected chi connectivity index (χ4v) is 5.42. The number of rotatable bonds is 6. The van der Waals surface area contributed by atoms with Gasteiger partial charge in [-0.1, -0.05) is 48.5 Å². The van der Waals surface area contributed by atoms with Crippen molar-refractivity contribution < 1.29 is 9.59 Å². The van der Waals surface area contributed by atoms with Gasteiger partial charge in [-0.05, 0) is 96.8 Å². The number of hydrazine groups is 2. The molecule has 0 bridgehead atoms. The van der Waals surface area contributed by atoms with Crippen LogP contribution in [0.1, 0.15) is 31.8 Å². The van der Waals surface area contributed by atoms with Gasteiger partial charge in [-0.3, -0.25) is 20.4 Å². The Bertz CT molecular complexity index is 1810. The molecule has 6 rings (SSSR count). The van der Waals surface area contributed by atoms with E-state index in [9.17, 15) is 9.59 Å². The van der Waals surface area contributed by atoms with E-state index in [-0.39, 0.29) is 11.8 Å². The summed E-state index contributed by atoms with van der Waals surface area (Å²) >= 11 is 0. The first-order chi connectivity index (χ1) is 20.4. The van der Waals surface area contributed by atoms with E-state index in [1.54, 1.807) is 24.3 Å². The summed E-state index contributed by atoms with van der Waals surface area (Å²) in [5.41, 5.74) is 15.6. The Labute approximate surface area is 243 Å². The quantitative estimate of drug-likeness (QED) is 0.122. The number of carbonyl (C=O) groups excluding carboxylic acids is 2. The van der Waals surface area contributed by atoms with Crippen LogP contribution in [0.3, 0.4) is 0 Å². The lowest BCUT2D eigenvalue weighted by molar-refractivity contribution is 0.0945. The van der Waals surface area contributed by atoms with E-state index in [2.05, 4.69) is 94.5 Å². The lowest BCUT2D eigenvalue weighted by Gasteiger charge is -2.13. The summed E-state index contributed by atoms with van der Waals surface area (Å²) in [7, 11) is 0. The molecule has 2 amide bonds. The van der Waals surface area contributed by atoms with E-state index >= 15 is 0 Å². The predicted molar refractivity (Wildman–Crippen MR) is 166 cm³/mol. The van der Waals surface area contributed by atoms with Crippen molar-refractivity contribution in [2.24, 2.45) is 11.7 Å². The molecule has 2 aromatic heterocycles. The number of nitrogens with zero attached hydrogens (tertiary/aromatic N) is 2. The third-order valence-corrected chi connectivity index (χ3v) is 7.44. The molecule has 0 aliphatic carbocycles. The molecule has 0 fully saturated rings. The molecule has 0 radical (unpaired) electrons. The third kappa shape index (κ3) is 4.75. The van der Waals surface area contributed by atoms with Gasteiger partial charge >= 0.3 is 0 Å². The SMILES string of the molecule is Cc1cccc(-n2c(-c3ccc(C(=O)NN)cc3)cc3c2cc(-c2ccc(C(=O)NN)cc2)n3-c2cccc(C)c2)c1. The molecule has 42 heavy (non-hydrogen) atoms. The lowest BCUT2D eigenvalue weighted by Crippen LogP contribution is -2.29. The van der Waals surface area contributed by atoms with Gasteiger partial charge in [0.1, 0.15) is 0 Å². The van der Waals surface area contributed by atoms with Crippen molar-refractivity contribution in [3.63, 3.8) is 0 Å². The van der Waals surface area contributed by atoms with Gasteiger partial charge in [-0.15, -0.1) is 0 Å². The monoisotopic (exact) mass is 554 g/mol. The standard InChI is InChI=1S/C34H30N6O2/c1-21-5-3-7-27(17-21)39-29(23-9-13-25(14-10-23)33(41)37-35)19-32-31(39)20-30(40(32)28-8-4-6-22(2)18-28)24-11-15-26(16-12-24)34(42)38-36/h3-20H,35-36H2,1-2H3,(H,37,41)(H,38,42). The molecule has 8 nitrogen and oxygen atoms in total. The molecule has 0 saturated carbocycles. The molecule has 0 atom stereocenters. The van der Waals surface area contributed by atoms with Crippen LogP contribution >= 0.6 is 0 Å². The van der Waals surface area contributed by atoms with Gasteiger partial charge in [-0.25, -0.2) is 11.7 Å². The Morgan fingerprint density at radius 1 is 0.548 bits per heavy atom. The van der Waals surface area contributed by atoms with Gasteiger partial charge in [0.25, 0.3) is 11.8 Å². The third-order valence-electron chi connectivity index (χ3n) is 7.44. The summed E-state index contributed by atoms with van der Waals surface area (Å²) < 4.78 is 4.48. The van der Waals surface area contributed by atoms with E-state index in [0.717, 1.165) is 56.0 Å². The number of nitrogen functional groups attached to an aromatic ring is 2. The lowest BCUT2D eigenvalue weighted by atomic mass is 10.1. The van der Waals surface area contributed by atoms with Crippen LogP contribution in [0.5, 0.6) is 0 Å². The molecular formula is C34H30N6O2. The molecule has 8 heteroatoms. The number of nitrogens with two attached hydrogens (primary N) is 2. The van der Waals surface area contributed by atoms with Crippen LogP contribution in [-0.2, 0) is 0 Å². The minimum atomic E-state index is -0.341. The van der Waals surface area contributed by atoms with Crippen LogP contribution in [0.25, 0.3) is 44.9 Å². The van der Waals surface area contributed by atoms with Gasteiger partial charge in [-0.2, -0.15) is 0 Å². The van der Waals surface area contributed by atoms with Gasteiger partial charge < -0.3 is 9.13 Å². The normalized spacial score (nSPS) is 11.0. The van der Waals surface area contributed by atoms with Crippen molar-refractivity contribution in [2.75, 3.05) is 0 Å². The molecule has 208 valence electrons. The Hall–Kier alpha value is -5.44. The van der Waals surface area contributed by atoms with Crippen molar-refractivity contribution >= 4 is 22.8 Å². The fourth-order valence-electron chi connectivity index (χ4n) is 5.42. The first-order valence-corrected chi connectivity index (χ1v) is 13.5. The highest BCUT2D eigenvalue weighted by atomic mass is 16.2. The van der Waals surface area contributed by atoms with Gasteiger partial charge in [0.05, 0.1) is 22.4 Å². The van der Waals surface area contributed by atoms with Crippen molar-refractivity contribution in [3.8, 4) is 33.9 Å². The van der Waals surface area contributed by atoms with E-state index in [1.165, 1.54) is 0 Å². The number of hydrogen-bond acceptors (Lipinski definition) is 4. The van der Waals surface area contributed by atoms with Crippen LogP contribution < -0.4 is 22.5 Å². The summed E-state index contributed by atoms with van der Waals surface area (Å²) in [5.74, 6) is 10.0. The second kappa shape index (κ2) is 10.9. The molecule has 0 saturated heterocycles. The molecule has 2 heterocycles. The van der Waals surface area contributed by atoms with Crippen molar-refractivity contribution in [1.82, 2.24) is 20.0 Å². The topological polar surface area (TPSA) is 120 Å². The molecule has 6 aromatic rings. The average molecular weight is 555 g/mol. The average Bonchev–Trinajstić information content (AvgIpc) is 3.57. The highest BCUT2D eigenvalue weighted by Gasteiger charge is 2.21. The van der Waals surface area contributed by atoms with Crippen LogP contribution in [0.4, 0.5) is 0 Å². The zero-order valence-corrected chi connectivity index (χ0v) is 23.3. The summed E-state index contributed by atoms with van der Waals surface area (Å²) in [6.07, 6.45) is 0. The van der Waals surface area contributed by atoms with Crippen molar-refractivity contribution in [1.29, 1.82) is 0 Å². The van der Waals surface area contributed by atoms with Crippen molar-refractivity contribution in [2.45, 2.75) is 13.8 Å². The second-order valence-electron chi connectivity index (χ2n) is 10.3. The smallest absolute Gasteiger partial charge is 0.265 e. The number of hydrogen-bond donors (Lipinski definition) is 4. The maximum absolute atomic E-state index is 12.1. The van der Waals surface area contributed by atoms with Gasteiger partial charge in [0.2, 0.25) is 0 Å². The highest BCUT2D eigenvalue weighted by Crippen LogP contribution is 2.39. The van der Waals surface area contributed by atoms with Gasteiger partial charge in [0, 0.05) is 22.5 Å². The number of aryl methyl sites for hydroxylation is 2. The van der Waals surface area contributed by atoms with E-state index in [0.29, 0.717) is 11.1 Å². The first kappa shape index (κ1) is 26.8. The van der Waals surface area contributed by atoms with Crippen LogP contribution in [0.2, 0.25) is 0 Å². The molecule has 0 unspecified atom stereocenters. The zero-order valence-electron chi connectivity index (χ0n) is 23.3. The van der Waals surface area contributed by atoms with Crippen LogP contribution in [0, 0.1) is 13.8 Å². The molecule has 0 aliphatic heterocycles. The minimum Gasteiger partial charge on any atom is -0.308 e. The van der Waals surface area contributed by atoms with E-state index in [1.807, 2.05) is 24.3 Å². The van der Waals surface area contributed by atoms with E-state index < -0.39 is 0 Å². The highest BCUT2D eigenvalue weighted by molar-refractivity contribution is 5.97. The fraction of sp³-hybridized carbons (Fsp3) is 0.0588. The Balaban J connectivity index is 1.64. The number of benzene rings is 4. The van der Waals surface area contributed by atoms with E-state index in [4.69, 9.17) is 11.7 Å². The summed E-state index contributed by atoms with van der Waals surface area (Å²) in [5, 5.41) is 0. The number of amides is 2. The minimum absolute atomic E-state index is 0.341. The van der Waals surface area contributed by atoms with Crippen LogP contribution in [0.15, 0.2) is 109 Å². The maximum atomic E-state index is 12.1. The molecule has 0 aliphatic rings. The largest absolute Gasteiger partial charge is 0.308 e. The molecular weight excluding hydrogens is 524 g/mol. The first-order valence-electron chi connectivity index (χ1n) is 13.5. The van der Waals surface area contributed by atoms with Crippen LogP contribution in [-0.4, -0.2) is 20.9 Å². The second-order valence-corrected chi connectivity index (χ2v) is 10.3. The van der Waals surface area contributed by atoms with Gasteiger partial charge in [0.15, 0.2) is 0 Å². The predicted octanol–water partition coefficient (Wildman–Crippen LogP) is 5.58. The molecule has 0 spiro atoms. The Morgan fingerprint density at radius 2 is 0.929 bits per heavy atom. The summed E-state index contributed by atoms with van der Waals surface area (Å²) in [4.78, 5) is 24.2. The summed E-state index contributed by atoms with van der Waals surface area (Å²) in [6.45, 7) is 4.15.